The van der Waals surface area contributed by atoms with Crippen molar-refractivity contribution in [2.24, 2.45) is 5.92 Å². The summed E-state index contributed by atoms with van der Waals surface area (Å²) in [6, 6.07) is 0. The number of carbonyl (C=O) groups excluding carboxylic acids is 1. The summed E-state index contributed by atoms with van der Waals surface area (Å²) >= 11 is 0. The van der Waals surface area contributed by atoms with Crippen molar-refractivity contribution >= 4 is 5.91 Å². The van der Waals surface area contributed by atoms with Gasteiger partial charge in [0.25, 0.3) is 0 Å². The van der Waals surface area contributed by atoms with Crippen LogP contribution in [-0.2, 0) is 9.53 Å². The maximum Gasteiger partial charge on any atom is 0.224 e. The van der Waals surface area contributed by atoms with Gasteiger partial charge in [-0.05, 0) is 25.7 Å². The van der Waals surface area contributed by atoms with Gasteiger partial charge in [-0.3, -0.25) is 4.79 Å². The van der Waals surface area contributed by atoms with Crippen LogP contribution in [0.25, 0.3) is 0 Å². The molecule has 1 aliphatic heterocycles. The van der Waals surface area contributed by atoms with Crippen LogP contribution in [-0.4, -0.2) is 25.7 Å². The largest absolute Gasteiger partial charge is 0.381 e. The van der Waals surface area contributed by atoms with E-state index >= 15 is 0 Å². The first-order valence-electron chi connectivity index (χ1n) is 5.87. The molecule has 0 aromatic carbocycles. The van der Waals surface area contributed by atoms with E-state index in [-0.39, 0.29) is 5.91 Å². The average Bonchev–Trinajstić information content (AvgIpc) is 2.86. The Morgan fingerprint density at radius 3 is 3.20 bits per heavy atom. The topological polar surface area (TPSA) is 38.3 Å². The zero-order chi connectivity index (χ0) is 10.5. The van der Waals surface area contributed by atoms with E-state index < -0.39 is 0 Å². The summed E-state index contributed by atoms with van der Waals surface area (Å²) in [7, 11) is 0. The highest BCUT2D eigenvalue weighted by Crippen LogP contribution is 2.20. The van der Waals surface area contributed by atoms with Crippen molar-refractivity contribution in [3.05, 3.63) is 11.6 Å². The molecule has 1 unspecified atom stereocenters. The molecule has 2 rings (SSSR count). The standard InChI is InChI=1S/C12H19NO2/c14-12(7-10-3-1-2-4-10)13-8-11-5-6-15-9-11/h3,11H,1-2,4-9H2,(H,13,14). The predicted octanol–water partition coefficient (Wildman–Crippen LogP) is 1.64. The van der Waals surface area contributed by atoms with E-state index in [1.54, 1.807) is 0 Å². The first kappa shape index (κ1) is 10.7. The summed E-state index contributed by atoms with van der Waals surface area (Å²) < 4.78 is 5.26. The summed E-state index contributed by atoms with van der Waals surface area (Å²) in [6.45, 7) is 2.45. The predicted molar refractivity (Wildman–Crippen MR) is 58.5 cm³/mol. The van der Waals surface area contributed by atoms with E-state index in [0.717, 1.165) is 39.0 Å². The first-order chi connectivity index (χ1) is 7.34. The lowest BCUT2D eigenvalue weighted by Crippen LogP contribution is -2.29. The van der Waals surface area contributed by atoms with E-state index in [1.807, 2.05) is 0 Å². The molecule has 1 aliphatic carbocycles. The highest BCUT2D eigenvalue weighted by atomic mass is 16.5. The number of allylic oxidation sites excluding steroid dienone is 1. The highest BCUT2D eigenvalue weighted by molar-refractivity contribution is 5.78. The highest BCUT2D eigenvalue weighted by Gasteiger charge is 2.16. The Balaban J connectivity index is 1.63. The minimum Gasteiger partial charge on any atom is -0.381 e. The average molecular weight is 209 g/mol. The van der Waals surface area contributed by atoms with E-state index in [4.69, 9.17) is 4.74 Å². The fourth-order valence-electron chi connectivity index (χ4n) is 2.17. The van der Waals surface area contributed by atoms with Crippen LogP contribution in [0.2, 0.25) is 0 Å². The number of nitrogens with one attached hydrogen (secondary N) is 1. The van der Waals surface area contributed by atoms with Crippen LogP contribution in [0.1, 0.15) is 32.1 Å². The molecule has 3 heteroatoms. The van der Waals surface area contributed by atoms with Gasteiger partial charge in [0.05, 0.1) is 6.61 Å². The monoisotopic (exact) mass is 209 g/mol. The SMILES string of the molecule is O=C(CC1=CCCC1)NCC1CCOC1. The normalized spacial score (nSPS) is 25.3. The van der Waals surface area contributed by atoms with Crippen LogP contribution in [0.5, 0.6) is 0 Å². The second-order valence-corrected chi connectivity index (χ2v) is 4.47. The van der Waals surface area contributed by atoms with Crippen molar-refractivity contribution in [1.82, 2.24) is 5.32 Å². The van der Waals surface area contributed by atoms with Gasteiger partial charge in [0.1, 0.15) is 0 Å². The zero-order valence-corrected chi connectivity index (χ0v) is 9.13. The fraction of sp³-hybridized carbons (Fsp3) is 0.750. The second-order valence-electron chi connectivity index (χ2n) is 4.47. The van der Waals surface area contributed by atoms with Crippen molar-refractivity contribution < 1.29 is 9.53 Å². The number of rotatable bonds is 4. The van der Waals surface area contributed by atoms with Gasteiger partial charge in [-0.2, -0.15) is 0 Å². The third-order valence-corrected chi connectivity index (χ3v) is 3.13. The molecule has 1 N–H and O–H groups in total. The molecule has 2 aliphatic rings. The van der Waals surface area contributed by atoms with Gasteiger partial charge in [-0.15, -0.1) is 0 Å². The van der Waals surface area contributed by atoms with Crippen molar-refractivity contribution in [3.8, 4) is 0 Å². The van der Waals surface area contributed by atoms with Crippen LogP contribution in [0, 0.1) is 5.92 Å². The Labute approximate surface area is 90.9 Å². The quantitative estimate of drug-likeness (QED) is 0.715. The number of hydrogen-bond donors (Lipinski definition) is 1. The molecular formula is C12H19NO2. The Hall–Kier alpha value is -0.830. The molecule has 1 fully saturated rings. The van der Waals surface area contributed by atoms with Gasteiger partial charge in [0, 0.05) is 25.5 Å². The third-order valence-electron chi connectivity index (χ3n) is 3.13. The maximum absolute atomic E-state index is 11.6. The molecule has 3 nitrogen and oxygen atoms in total. The number of carbonyl (C=O) groups is 1. The molecule has 0 spiro atoms. The van der Waals surface area contributed by atoms with Gasteiger partial charge in [-0.25, -0.2) is 0 Å². The van der Waals surface area contributed by atoms with E-state index in [1.165, 1.54) is 12.0 Å². The summed E-state index contributed by atoms with van der Waals surface area (Å²) in [5, 5.41) is 2.99. The van der Waals surface area contributed by atoms with Crippen LogP contribution < -0.4 is 5.32 Å². The molecule has 1 atom stereocenters. The van der Waals surface area contributed by atoms with Crippen molar-refractivity contribution in [3.63, 3.8) is 0 Å². The smallest absolute Gasteiger partial charge is 0.224 e. The zero-order valence-electron chi connectivity index (χ0n) is 9.13. The van der Waals surface area contributed by atoms with Crippen LogP contribution in [0.4, 0.5) is 0 Å². The Bertz CT molecular complexity index is 254. The number of amides is 1. The van der Waals surface area contributed by atoms with Gasteiger partial charge < -0.3 is 10.1 Å². The van der Waals surface area contributed by atoms with Gasteiger partial charge in [-0.1, -0.05) is 11.6 Å². The molecule has 15 heavy (non-hydrogen) atoms. The van der Waals surface area contributed by atoms with E-state index in [2.05, 4.69) is 11.4 Å². The lowest BCUT2D eigenvalue weighted by Gasteiger charge is -2.09. The maximum atomic E-state index is 11.6. The van der Waals surface area contributed by atoms with Crippen molar-refractivity contribution in [1.29, 1.82) is 0 Å². The number of hydrogen-bond acceptors (Lipinski definition) is 2. The van der Waals surface area contributed by atoms with Gasteiger partial charge in [0.15, 0.2) is 0 Å². The summed E-state index contributed by atoms with van der Waals surface area (Å²) in [5.41, 5.74) is 1.31. The molecule has 0 aromatic heterocycles. The van der Waals surface area contributed by atoms with E-state index in [0.29, 0.717) is 12.3 Å². The molecule has 1 saturated heterocycles. The summed E-state index contributed by atoms with van der Waals surface area (Å²) in [4.78, 5) is 11.6. The molecule has 84 valence electrons. The van der Waals surface area contributed by atoms with Crippen LogP contribution in [0.15, 0.2) is 11.6 Å². The second kappa shape index (κ2) is 5.31. The van der Waals surface area contributed by atoms with Crippen LogP contribution >= 0.6 is 0 Å². The molecule has 1 heterocycles. The molecule has 1 amide bonds. The van der Waals surface area contributed by atoms with Crippen LogP contribution in [0.3, 0.4) is 0 Å². The molecule has 0 aromatic rings. The lowest BCUT2D eigenvalue weighted by atomic mass is 10.1. The van der Waals surface area contributed by atoms with Crippen molar-refractivity contribution in [2.75, 3.05) is 19.8 Å². The number of ether oxygens (including phenoxy) is 1. The first-order valence-corrected chi connectivity index (χ1v) is 5.87. The molecular weight excluding hydrogens is 190 g/mol. The fourth-order valence-corrected chi connectivity index (χ4v) is 2.17. The summed E-state index contributed by atoms with van der Waals surface area (Å²) in [6.07, 6.45) is 7.38. The van der Waals surface area contributed by atoms with Crippen molar-refractivity contribution in [2.45, 2.75) is 32.1 Å². The molecule has 0 saturated carbocycles. The Morgan fingerprint density at radius 1 is 1.60 bits per heavy atom. The Kier molecular flexibility index (Phi) is 3.78. The Morgan fingerprint density at radius 2 is 2.53 bits per heavy atom. The molecule has 0 radical (unpaired) electrons. The lowest BCUT2D eigenvalue weighted by molar-refractivity contribution is -0.120. The third kappa shape index (κ3) is 3.34. The van der Waals surface area contributed by atoms with Gasteiger partial charge >= 0.3 is 0 Å². The minimum absolute atomic E-state index is 0.176. The molecule has 0 bridgehead atoms. The van der Waals surface area contributed by atoms with Gasteiger partial charge in [0.2, 0.25) is 5.91 Å². The summed E-state index contributed by atoms with van der Waals surface area (Å²) in [5.74, 6) is 0.710. The minimum atomic E-state index is 0.176. The van der Waals surface area contributed by atoms with E-state index in [9.17, 15) is 4.79 Å².